The highest BCUT2D eigenvalue weighted by atomic mass is 79.9. The summed E-state index contributed by atoms with van der Waals surface area (Å²) in [5.74, 6) is -0.296. The van der Waals surface area contributed by atoms with Gasteiger partial charge in [-0.3, -0.25) is 14.5 Å². The summed E-state index contributed by atoms with van der Waals surface area (Å²) < 4.78 is 30.6. The lowest BCUT2D eigenvalue weighted by atomic mass is 10.2. The highest BCUT2D eigenvalue weighted by molar-refractivity contribution is 9.10. The van der Waals surface area contributed by atoms with Crippen LogP contribution in [0.25, 0.3) is 6.08 Å². The number of hydrogen-bond donors (Lipinski definition) is 0. The topological polar surface area (TPSA) is 80.8 Å². The number of imide groups is 1. The van der Waals surface area contributed by atoms with Crippen LogP contribution in [0.2, 0.25) is 5.02 Å². The molecular weight excluding hydrogens is 550 g/mol. The summed E-state index contributed by atoms with van der Waals surface area (Å²) in [6, 6.07) is 19.6. The third-order valence-corrected chi connectivity index (χ3v) is 7.64. The van der Waals surface area contributed by atoms with E-state index in [1.165, 1.54) is 35.2 Å². The van der Waals surface area contributed by atoms with Crippen molar-refractivity contribution in [1.82, 2.24) is 4.90 Å². The highest BCUT2D eigenvalue weighted by Gasteiger charge is 2.35. The molecule has 0 spiro atoms. The summed E-state index contributed by atoms with van der Waals surface area (Å²) >= 11 is 9.97. The Morgan fingerprint density at radius 3 is 2.36 bits per heavy atom. The first-order chi connectivity index (χ1) is 15.7. The summed E-state index contributed by atoms with van der Waals surface area (Å²) in [5.41, 5.74) is 1.45. The van der Waals surface area contributed by atoms with Gasteiger partial charge in [0.1, 0.15) is 4.90 Å². The standard InChI is InChI=1S/C23H15BrClNO5S2/c24-19-12-16(6-11-20(19)31-33(29,30)18-9-7-17(25)8-10-18)13-21-22(27)26(23(28)32-21)14-15-4-2-1-3-5-15/h1-13H,14H2/b21-13-. The SMILES string of the molecule is O=C1S/C(=C\c2ccc(OS(=O)(=O)c3ccc(Cl)cc3)c(Br)c2)C(=O)N1Cc1ccccc1. The van der Waals surface area contributed by atoms with Gasteiger partial charge in [-0.1, -0.05) is 48.0 Å². The third-order valence-electron chi connectivity index (χ3n) is 4.61. The molecule has 1 fully saturated rings. The molecule has 4 rings (SSSR count). The van der Waals surface area contributed by atoms with Crippen LogP contribution in [0, 0.1) is 0 Å². The van der Waals surface area contributed by atoms with E-state index in [1.807, 2.05) is 30.3 Å². The minimum atomic E-state index is -4.05. The highest BCUT2D eigenvalue weighted by Crippen LogP contribution is 2.35. The number of carbonyl (C=O) groups excluding carboxylic acids is 2. The molecule has 0 aromatic heterocycles. The van der Waals surface area contributed by atoms with Crippen LogP contribution in [-0.4, -0.2) is 24.5 Å². The predicted molar refractivity (Wildman–Crippen MR) is 131 cm³/mol. The fraction of sp³-hybridized carbons (Fsp3) is 0.0435. The molecule has 0 radical (unpaired) electrons. The zero-order valence-corrected chi connectivity index (χ0v) is 20.7. The van der Waals surface area contributed by atoms with E-state index in [0.29, 0.717) is 15.1 Å². The van der Waals surface area contributed by atoms with Gasteiger partial charge in [0.25, 0.3) is 11.1 Å². The van der Waals surface area contributed by atoms with Gasteiger partial charge in [0.2, 0.25) is 0 Å². The molecule has 1 aliphatic rings. The molecule has 0 aliphatic carbocycles. The van der Waals surface area contributed by atoms with Crippen LogP contribution in [0.1, 0.15) is 11.1 Å². The minimum absolute atomic E-state index is 0.0324. The van der Waals surface area contributed by atoms with Gasteiger partial charge in [0.15, 0.2) is 5.75 Å². The molecule has 168 valence electrons. The van der Waals surface area contributed by atoms with Crippen molar-refractivity contribution < 1.29 is 22.2 Å². The van der Waals surface area contributed by atoms with Crippen molar-refractivity contribution in [2.24, 2.45) is 0 Å². The van der Waals surface area contributed by atoms with Crippen LogP contribution < -0.4 is 4.18 Å². The van der Waals surface area contributed by atoms with Crippen LogP contribution in [-0.2, 0) is 21.5 Å². The summed E-state index contributed by atoms with van der Waals surface area (Å²) in [6.07, 6.45) is 1.58. The Balaban J connectivity index is 1.51. The second kappa shape index (κ2) is 9.72. The van der Waals surface area contributed by atoms with Gasteiger partial charge in [0, 0.05) is 5.02 Å². The Bertz CT molecular complexity index is 1360. The van der Waals surface area contributed by atoms with Gasteiger partial charge in [-0.15, -0.1) is 0 Å². The molecule has 6 nitrogen and oxygen atoms in total. The number of thioether (sulfide) groups is 1. The minimum Gasteiger partial charge on any atom is -0.378 e. The summed E-state index contributed by atoms with van der Waals surface area (Å²) in [4.78, 5) is 26.5. The first-order valence-electron chi connectivity index (χ1n) is 9.52. The van der Waals surface area contributed by atoms with E-state index in [0.717, 1.165) is 17.3 Å². The Kier molecular flexibility index (Phi) is 6.94. The van der Waals surface area contributed by atoms with Crippen LogP contribution in [0.15, 0.2) is 87.1 Å². The summed E-state index contributed by atoms with van der Waals surface area (Å²) in [5, 5.41) is 0.0656. The fourth-order valence-corrected chi connectivity index (χ4v) is 5.49. The number of halogens is 2. The molecule has 0 saturated carbocycles. The second-order valence-corrected chi connectivity index (χ2v) is 10.8. The molecule has 3 aromatic rings. The Morgan fingerprint density at radius 2 is 1.70 bits per heavy atom. The molecule has 33 heavy (non-hydrogen) atoms. The van der Waals surface area contributed by atoms with Gasteiger partial charge in [-0.2, -0.15) is 8.42 Å². The Morgan fingerprint density at radius 1 is 1.00 bits per heavy atom. The van der Waals surface area contributed by atoms with Crippen molar-refractivity contribution in [3.05, 3.63) is 98.3 Å². The van der Waals surface area contributed by atoms with E-state index in [9.17, 15) is 18.0 Å². The maximum Gasteiger partial charge on any atom is 0.339 e. The van der Waals surface area contributed by atoms with E-state index in [2.05, 4.69) is 15.9 Å². The molecule has 3 aromatic carbocycles. The van der Waals surface area contributed by atoms with Crippen molar-refractivity contribution in [3.63, 3.8) is 0 Å². The van der Waals surface area contributed by atoms with Crippen molar-refractivity contribution in [1.29, 1.82) is 0 Å². The molecule has 1 aliphatic heterocycles. The molecule has 0 unspecified atom stereocenters. The number of amides is 2. The molecule has 0 atom stereocenters. The summed E-state index contributed by atoms with van der Waals surface area (Å²) in [7, 11) is -4.05. The lowest BCUT2D eigenvalue weighted by Crippen LogP contribution is -2.27. The molecule has 1 saturated heterocycles. The van der Waals surface area contributed by atoms with E-state index in [1.54, 1.807) is 18.2 Å². The molecular formula is C23H15BrClNO5S2. The van der Waals surface area contributed by atoms with Gasteiger partial charge < -0.3 is 4.18 Å². The van der Waals surface area contributed by atoms with Gasteiger partial charge in [0.05, 0.1) is 15.9 Å². The molecule has 0 bridgehead atoms. The van der Waals surface area contributed by atoms with E-state index in [4.69, 9.17) is 15.8 Å². The predicted octanol–water partition coefficient (Wildman–Crippen LogP) is 6.11. The van der Waals surface area contributed by atoms with Gasteiger partial charge in [-0.05, 0) is 81.3 Å². The van der Waals surface area contributed by atoms with Crippen LogP contribution in [0.5, 0.6) is 5.75 Å². The van der Waals surface area contributed by atoms with Crippen LogP contribution in [0.3, 0.4) is 0 Å². The lowest BCUT2D eigenvalue weighted by Gasteiger charge is -2.12. The summed E-state index contributed by atoms with van der Waals surface area (Å²) in [6.45, 7) is 0.196. The smallest absolute Gasteiger partial charge is 0.339 e. The zero-order chi connectivity index (χ0) is 23.6. The van der Waals surface area contributed by atoms with Crippen molar-refractivity contribution in [2.45, 2.75) is 11.4 Å². The maximum atomic E-state index is 12.7. The van der Waals surface area contributed by atoms with Crippen LogP contribution >= 0.6 is 39.3 Å². The first kappa shape index (κ1) is 23.6. The van der Waals surface area contributed by atoms with Gasteiger partial charge >= 0.3 is 10.1 Å². The first-order valence-corrected chi connectivity index (χ1v) is 12.9. The Hall–Kier alpha value is -2.59. The van der Waals surface area contributed by atoms with E-state index >= 15 is 0 Å². The third kappa shape index (κ3) is 5.50. The zero-order valence-electron chi connectivity index (χ0n) is 16.8. The van der Waals surface area contributed by atoms with E-state index < -0.39 is 10.1 Å². The monoisotopic (exact) mass is 563 g/mol. The normalized spacial score (nSPS) is 15.3. The molecule has 2 amide bonds. The Labute approximate surface area is 208 Å². The van der Waals surface area contributed by atoms with Crippen molar-refractivity contribution in [2.75, 3.05) is 0 Å². The average molecular weight is 565 g/mol. The number of carbonyl (C=O) groups is 2. The molecule has 1 heterocycles. The van der Waals surface area contributed by atoms with Crippen molar-refractivity contribution in [3.8, 4) is 5.75 Å². The second-order valence-electron chi connectivity index (χ2n) is 6.93. The fourth-order valence-electron chi connectivity index (χ4n) is 3.00. The maximum absolute atomic E-state index is 12.7. The van der Waals surface area contributed by atoms with Crippen molar-refractivity contribution >= 4 is 66.6 Å². The number of rotatable bonds is 6. The van der Waals surface area contributed by atoms with Gasteiger partial charge in [-0.25, -0.2) is 0 Å². The number of benzene rings is 3. The van der Waals surface area contributed by atoms with E-state index in [-0.39, 0.29) is 33.2 Å². The molecule has 0 N–H and O–H groups in total. The lowest BCUT2D eigenvalue weighted by molar-refractivity contribution is -0.123. The largest absolute Gasteiger partial charge is 0.378 e. The average Bonchev–Trinajstić information content (AvgIpc) is 3.04. The number of hydrogen-bond acceptors (Lipinski definition) is 6. The number of nitrogens with zero attached hydrogens (tertiary/aromatic N) is 1. The molecule has 10 heteroatoms. The van der Waals surface area contributed by atoms with Crippen LogP contribution in [0.4, 0.5) is 4.79 Å². The quantitative estimate of drug-likeness (QED) is 0.266.